The highest BCUT2D eigenvalue weighted by molar-refractivity contribution is 6.30. The van der Waals surface area contributed by atoms with E-state index in [0.29, 0.717) is 16.1 Å². The van der Waals surface area contributed by atoms with Crippen molar-refractivity contribution in [2.45, 2.75) is 19.6 Å². The fourth-order valence-electron chi connectivity index (χ4n) is 2.78. The second kappa shape index (κ2) is 7.41. The number of hydrogen-bond acceptors (Lipinski definition) is 5. The predicted molar refractivity (Wildman–Crippen MR) is 101 cm³/mol. The number of benzene rings is 1. The zero-order chi connectivity index (χ0) is 21.5. The van der Waals surface area contributed by atoms with Gasteiger partial charge in [-0.1, -0.05) is 23.7 Å². The van der Waals surface area contributed by atoms with Crippen LogP contribution in [0, 0.1) is 6.92 Å². The van der Waals surface area contributed by atoms with Gasteiger partial charge >= 0.3 is 6.18 Å². The van der Waals surface area contributed by atoms with Crippen LogP contribution in [-0.4, -0.2) is 35.3 Å². The molecule has 0 saturated carbocycles. The van der Waals surface area contributed by atoms with Gasteiger partial charge in [-0.2, -0.15) is 18.3 Å². The lowest BCUT2D eigenvalue weighted by atomic mass is 10.2. The minimum Gasteiger partial charge on any atom is -0.288 e. The topological polar surface area (TPSA) is 90.0 Å². The van der Waals surface area contributed by atoms with Crippen LogP contribution >= 0.6 is 11.6 Å². The fourth-order valence-corrected chi connectivity index (χ4v) is 2.91. The van der Waals surface area contributed by atoms with E-state index in [0.717, 1.165) is 11.6 Å². The maximum absolute atomic E-state index is 13.2. The first kappa shape index (κ1) is 19.8. The molecule has 12 heteroatoms. The molecule has 1 aromatic carbocycles. The fraction of sp³-hybridized carbons (Fsp3) is 0.167. The van der Waals surface area contributed by atoms with Crippen molar-refractivity contribution >= 4 is 29.1 Å². The molecule has 1 amide bonds. The minimum atomic E-state index is -4.65. The van der Waals surface area contributed by atoms with Crippen LogP contribution in [0.4, 0.5) is 19.1 Å². The maximum Gasteiger partial charge on any atom is 0.433 e. The Morgan fingerprint density at radius 2 is 1.90 bits per heavy atom. The number of alkyl halides is 3. The summed E-state index contributed by atoms with van der Waals surface area (Å²) in [5.74, 6) is -0.762. The van der Waals surface area contributed by atoms with Gasteiger partial charge in [-0.15, -0.1) is 5.10 Å². The smallest absolute Gasteiger partial charge is 0.288 e. The number of rotatable bonds is 4. The number of nitrogens with zero attached hydrogens (tertiary/aromatic N) is 6. The quantitative estimate of drug-likeness (QED) is 0.529. The van der Waals surface area contributed by atoms with Gasteiger partial charge in [-0.25, -0.2) is 19.2 Å². The Labute approximate surface area is 172 Å². The summed E-state index contributed by atoms with van der Waals surface area (Å²) in [6.07, 6.45) is -3.23. The van der Waals surface area contributed by atoms with Gasteiger partial charge < -0.3 is 0 Å². The molecule has 4 rings (SSSR count). The lowest BCUT2D eigenvalue weighted by Gasteiger charge is -2.08. The summed E-state index contributed by atoms with van der Waals surface area (Å²) in [4.78, 5) is 20.4. The van der Waals surface area contributed by atoms with E-state index >= 15 is 0 Å². The molecule has 0 saturated heterocycles. The second-order valence-electron chi connectivity index (χ2n) is 6.43. The molecule has 0 unspecified atom stereocenters. The molecule has 0 radical (unpaired) electrons. The first-order chi connectivity index (χ1) is 14.2. The van der Waals surface area contributed by atoms with Crippen LogP contribution in [0.1, 0.15) is 27.4 Å². The molecule has 0 aliphatic carbocycles. The number of anilines is 1. The summed E-state index contributed by atoms with van der Waals surface area (Å²) >= 11 is 5.85. The minimum absolute atomic E-state index is 0.00814. The molecule has 0 spiro atoms. The van der Waals surface area contributed by atoms with E-state index in [-0.39, 0.29) is 23.0 Å². The number of hydrogen-bond donors (Lipinski definition) is 1. The van der Waals surface area contributed by atoms with Gasteiger partial charge in [0.2, 0.25) is 5.95 Å². The maximum atomic E-state index is 13.2. The summed E-state index contributed by atoms with van der Waals surface area (Å²) in [6.45, 7) is 1.83. The van der Waals surface area contributed by atoms with Gasteiger partial charge in [-0.05, 0) is 30.7 Å². The average Bonchev–Trinajstić information content (AvgIpc) is 3.28. The van der Waals surface area contributed by atoms with Crippen molar-refractivity contribution in [2.24, 2.45) is 0 Å². The lowest BCUT2D eigenvalue weighted by Crippen LogP contribution is -2.16. The van der Waals surface area contributed by atoms with Crippen molar-refractivity contribution in [3.8, 4) is 0 Å². The average molecular weight is 436 g/mol. The zero-order valence-corrected chi connectivity index (χ0v) is 16.1. The molecule has 3 aromatic heterocycles. The van der Waals surface area contributed by atoms with Gasteiger partial charge in [0.15, 0.2) is 11.3 Å². The molecule has 30 heavy (non-hydrogen) atoms. The number of carbonyl (C=O) groups is 1. The van der Waals surface area contributed by atoms with Gasteiger partial charge in [0.1, 0.15) is 12.0 Å². The molecule has 0 aliphatic heterocycles. The zero-order valence-electron chi connectivity index (χ0n) is 15.4. The normalized spacial score (nSPS) is 11.8. The van der Waals surface area contributed by atoms with Crippen molar-refractivity contribution in [1.29, 1.82) is 0 Å². The Bertz CT molecular complexity index is 1230. The van der Waals surface area contributed by atoms with Gasteiger partial charge in [-0.3, -0.25) is 10.1 Å². The van der Waals surface area contributed by atoms with Crippen LogP contribution in [0.3, 0.4) is 0 Å². The Kier molecular flexibility index (Phi) is 4.90. The van der Waals surface area contributed by atoms with E-state index in [2.05, 4.69) is 25.5 Å². The van der Waals surface area contributed by atoms with Crippen LogP contribution in [0.25, 0.3) is 5.65 Å². The molecule has 3 heterocycles. The van der Waals surface area contributed by atoms with Crippen molar-refractivity contribution < 1.29 is 18.0 Å². The van der Waals surface area contributed by atoms with E-state index in [1.54, 1.807) is 12.1 Å². The lowest BCUT2D eigenvalue weighted by molar-refractivity contribution is -0.142. The van der Waals surface area contributed by atoms with Crippen molar-refractivity contribution in [3.63, 3.8) is 0 Å². The molecule has 0 bridgehead atoms. The summed E-state index contributed by atoms with van der Waals surface area (Å²) in [5, 5.41) is 10.9. The monoisotopic (exact) mass is 435 g/mol. The summed E-state index contributed by atoms with van der Waals surface area (Å²) < 4.78 is 41.8. The summed E-state index contributed by atoms with van der Waals surface area (Å²) in [7, 11) is 0. The van der Waals surface area contributed by atoms with Crippen LogP contribution in [0.15, 0.2) is 42.7 Å². The third-order valence-electron chi connectivity index (χ3n) is 4.10. The molecule has 8 nitrogen and oxygen atoms in total. The number of aryl methyl sites for hydroxylation is 1. The molecule has 4 aromatic rings. The van der Waals surface area contributed by atoms with Crippen LogP contribution in [-0.2, 0) is 12.7 Å². The largest absolute Gasteiger partial charge is 0.433 e. The summed E-state index contributed by atoms with van der Waals surface area (Å²) in [6, 6.07) is 9.16. The number of carbonyl (C=O) groups excluding carboxylic acids is 1. The molecule has 0 fully saturated rings. The third-order valence-corrected chi connectivity index (χ3v) is 4.35. The van der Waals surface area contributed by atoms with E-state index < -0.39 is 17.8 Å². The molecular weight excluding hydrogens is 423 g/mol. The van der Waals surface area contributed by atoms with E-state index in [9.17, 15) is 18.0 Å². The first-order valence-electron chi connectivity index (χ1n) is 8.59. The highest BCUT2D eigenvalue weighted by atomic mass is 35.5. The molecule has 1 N–H and O–H groups in total. The van der Waals surface area contributed by atoms with Crippen molar-refractivity contribution in [3.05, 3.63) is 70.4 Å². The van der Waals surface area contributed by atoms with Crippen LogP contribution in [0.5, 0.6) is 0 Å². The molecule has 0 aliphatic rings. The number of halogens is 4. The molecular formula is C18H13ClF3N7O. The van der Waals surface area contributed by atoms with Gasteiger partial charge in [0.25, 0.3) is 5.91 Å². The van der Waals surface area contributed by atoms with E-state index in [1.807, 2.05) is 12.1 Å². The molecule has 0 atom stereocenters. The SMILES string of the molecule is Cc1cc(C(F)(F)F)n2nc(C(=O)Nc3ncn(Cc4ccc(Cl)cc4)n3)cc2n1. The number of fused-ring (bicyclic) bond motifs is 1. The van der Waals surface area contributed by atoms with Gasteiger partial charge in [0.05, 0.1) is 6.54 Å². The number of aromatic nitrogens is 6. The Balaban J connectivity index is 1.54. The third kappa shape index (κ3) is 4.10. The van der Waals surface area contributed by atoms with Crippen LogP contribution in [0.2, 0.25) is 5.02 Å². The van der Waals surface area contributed by atoms with Crippen LogP contribution < -0.4 is 5.32 Å². The highest BCUT2D eigenvalue weighted by Gasteiger charge is 2.35. The standard InChI is InChI=1S/C18H13ClF3N7O/c1-10-6-14(18(20,21)22)29-15(24-10)7-13(26-29)16(30)25-17-23-9-28(27-17)8-11-2-4-12(19)5-3-11/h2-7,9H,8H2,1H3,(H,25,27,30). The first-order valence-corrected chi connectivity index (χ1v) is 8.97. The number of nitrogens with one attached hydrogen (secondary N) is 1. The van der Waals surface area contributed by atoms with E-state index in [1.165, 1.54) is 24.0 Å². The van der Waals surface area contributed by atoms with Crippen molar-refractivity contribution in [2.75, 3.05) is 5.32 Å². The van der Waals surface area contributed by atoms with E-state index in [4.69, 9.17) is 11.6 Å². The van der Waals surface area contributed by atoms with Gasteiger partial charge in [0, 0.05) is 16.8 Å². The highest BCUT2D eigenvalue weighted by Crippen LogP contribution is 2.29. The predicted octanol–water partition coefficient (Wildman–Crippen LogP) is 3.60. The Hall–Kier alpha value is -3.47. The Morgan fingerprint density at radius 3 is 2.60 bits per heavy atom. The van der Waals surface area contributed by atoms with Crippen molar-refractivity contribution in [1.82, 2.24) is 29.4 Å². The Morgan fingerprint density at radius 1 is 1.17 bits per heavy atom. The number of amides is 1. The second-order valence-corrected chi connectivity index (χ2v) is 6.86. The summed E-state index contributed by atoms with van der Waals surface area (Å²) in [5.41, 5.74) is -0.274. The molecule has 154 valence electrons.